The van der Waals surface area contributed by atoms with Crippen molar-refractivity contribution in [3.05, 3.63) is 42.7 Å². The highest BCUT2D eigenvalue weighted by Gasteiger charge is 2.55. The molecule has 1 aliphatic carbocycles. The number of urea groups is 1. The van der Waals surface area contributed by atoms with Crippen LogP contribution in [0.1, 0.15) is 6.42 Å². The highest BCUT2D eigenvalue weighted by Crippen LogP contribution is 2.49. The van der Waals surface area contributed by atoms with Gasteiger partial charge in [0.25, 0.3) is 0 Å². The molecule has 1 aromatic heterocycles. The molecule has 2 aromatic rings. The van der Waals surface area contributed by atoms with Crippen LogP contribution in [0.5, 0.6) is 0 Å². The number of rotatable bonds is 4. The Morgan fingerprint density at radius 3 is 2.70 bits per heavy atom. The van der Waals surface area contributed by atoms with E-state index in [2.05, 4.69) is 15.6 Å². The third-order valence-electron chi connectivity index (χ3n) is 3.77. The van der Waals surface area contributed by atoms with Gasteiger partial charge in [0.2, 0.25) is 5.95 Å². The Balaban J connectivity index is 1.55. The number of carbonyl (C=O) groups excluding carboxylic acids is 1. The fourth-order valence-corrected chi connectivity index (χ4v) is 2.44. The van der Waals surface area contributed by atoms with Gasteiger partial charge in [-0.15, -0.1) is 0 Å². The number of benzene rings is 1. The van der Waals surface area contributed by atoms with Crippen molar-refractivity contribution in [2.75, 3.05) is 11.9 Å². The fourth-order valence-electron chi connectivity index (χ4n) is 2.44. The van der Waals surface area contributed by atoms with Gasteiger partial charge >= 0.3 is 12.2 Å². The van der Waals surface area contributed by atoms with Crippen LogP contribution in [0.3, 0.4) is 0 Å². The first kappa shape index (κ1) is 15.4. The molecule has 3 rings (SSSR count). The summed E-state index contributed by atoms with van der Waals surface area (Å²) in [5.74, 6) is -1.53. The summed E-state index contributed by atoms with van der Waals surface area (Å²) >= 11 is 0. The van der Waals surface area contributed by atoms with Crippen molar-refractivity contribution >= 4 is 12.0 Å². The highest BCUT2D eigenvalue weighted by atomic mass is 19.4. The number of imidazole rings is 1. The van der Waals surface area contributed by atoms with Gasteiger partial charge < -0.3 is 5.32 Å². The van der Waals surface area contributed by atoms with Crippen LogP contribution in [0, 0.1) is 11.8 Å². The molecule has 1 saturated carbocycles. The number of nitrogens with zero attached hydrogens (tertiary/aromatic N) is 2. The minimum atomic E-state index is -4.17. The maximum atomic E-state index is 12.4. The third-order valence-corrected chi connectivity index (χ3v) is 3.77. The van der Waals surface area contributed by atoms with Crippen molar-refractivity contribution in [2.24, 2.45) is 11.8 Å². The van der Waals surface area contributed by atoms with E-state index in [0.29, 0.717) is 5.95 Å². The van der Waals surface area contributed by atoms with Gasteiger partial charge in [-0.05, 0) is 24.5 Å². The van der Waals surface area contributed by atoms with E-state index in [-0.39, 0.29) is 13.0 Å². The number of anilines is 1. The Bertz CT molecular complexity index is 684. The number of hydrogen-bond acceptors (Lipinski definition) is 2. The molecule has 5 nitrogen and oxygen atoms in total. The van der Waals surface area contributed by atoms with Gasteiger partial charge in [0.15, 0.2) is 0 Å². The van der Waals surface area contributed by atoms with Gasteiger partial charge in [-0.25, -0.2) is 9.78 Å². The van der Waals surface area contributed by atoms with Gasteiger partial charge in [-0.1, -0.05) is 18.2 Å². The Hall–Kier alpha value is -2.51. The zero-order valence-corrected chi connectivity index (χ0v) is 12.0. The molecule has 0 saturated heterocycles. The number of nitrogens with one attached hydrogen (secondary N) is 2. The first-order valence-electron chi connectivity index (χ1n) is 7.15. The largest absolute Gasteiger partial charge is 0.392 e. The molecular weight excluding hydrogens is 309 g/mol. The number of halogens is 3. The van der Waals surface area contributed by atoms with Crippen molar-refractivity contribution in [3.63, 3.8) is 0 Å². The molecule has 23 heavy (non-hydrogen) atoms. The Morgan fingerprint density at radius 2 is 2.04 bits per heavy atom. The lowest BCUT2D eigenvalue weighted by Crippen LogP contribution is -2.32. The molecule has 1 aliphatic rings. The Morgan fingerprint density at radius 1 is 1.30 bits per heavy atom. The van der Waals surface area contributed by atoms with E-state index in [1.54, 1.807) is 10.8 Å². The average molecular weight is 324 g/mol. The van der Waals surface area contributed by atoms with Crippen molar-refractivity contribution in [1.29, 1.82) is 0 Å². The normalized spacial score (nSPS) is 20.1. The summed E-state index contributed by atoms with van der Waals surface area (Å²) in [7, 11) is 0. The molecule has 8 heteroatoms. The number of alkyl halides is 3. The van der Waals surface area contributed by atoms with Crippen LogP contribution < -0.4 is 10.6 Å². The summed E-state index contributed by atoms with van der Waals surface area (Å²) in [6.07, 6.45) is -0.885. The molecule has 1 fully saturated rings. The number of aromatic nitrogens is 2. The minimum Gasteiger partial charge on any atom is -0.337 e. The summed E-state index contributed by atoms with van der Waals surface area (Å²) < 4.78 is 38.9. The first-order valence-corrected chi connectivity index (χ1v) is 7.15. The van der Waals surface area contributed by atoms with E-state index in [9.17, 15) is 18.0 Å². The molecule has 1 aromatic carbocycles. The molecule has 0 unspecified atom stereocenters. The minimum absolute atomic E-state index is 0.00204. The van der Waals surface area contributed by atoms with Crippen LogP contribution in [-0.4, -0.2) is 28.3 Å². The van der Waals surface area contributed by atoms with E-state index in [4.69, 9.17) is 0 Å². The van der Waals surface area contributed by atoms with E-state index in [1.165, 1.54) is 6.20 Å². The molecule has 2 amide bonds. The third kappa shape index (κ3) is 3.64. The maximum absolute atomic E-state index is 12.4. The van der Waals surface area contributed by atoms with Gasteiger partial charge in [0.05, 0.1) is 5.92 Å². The standard InChI is InChI=1S/C15H15F3N4O/c16-15(17,18)12-8-10(12)9-20-14(23)21-13-19-6-7-22(13)11-4-2-1-3-5-11/h1-7,10,12H,8-9H2,(H2,19,20,21,23)/t10-,12+/m0/s1. The van der Waals surface area contributed by atoms with Crippen LogP contribution in [-0.2, 0) is 0 Å². The predicted octanol–water partition coefficient (Wildman–Crippen LogP) is 3.19. The number of para-hydroxylation sites is 1. The smallest absolute Gasteiger partial charge is 0.337 e. The summed E-state index contributed by atoms with van der Waals surface area (Å²) in [6.45, 7) is 0.00204. The van der Waals surface area contributed by atoms with Crippen LogP contribution in [0.4, 0.5) is 23.9 Å². The van der Waals surface area contributed by atoms with Gasteiger partial charge in [-0.2, -0.15) is 13.2 Å². The predicted molar refractivity (Wildman–Crippen MR) is 78.2 cm³/mol. The second-order valence-electron chi connectivity index (χ2n) is 5.44. The number of amides is 2. The monoisotopic (exact) mass is 324 g/mol. The second kappa shape index (κ2) is 5.94. The SMILES string of the molecule is O=C(NC[C@@H]1C[C@H]1C(F)(F)F)Nc1nccn1-c1ccccc1. The Labute approximate surface area is 130 Å². The van der Waals surface area contributed by atoms with Crippen LogP contribution >= 0.6 is 0 Å². The summed E-state index contributed by atoms with van der Waals surface area (Å²) in [5.41, 5.74) is 0.819. The lowest BCUT2D eigenvalue weighted by Gasteiger charge is -2.10. The molecule has 0 spiro atoms. The van der Waals surface area contributed by atoms with Crippen molar-refractivity contribution in [3.8, 4) is 5.69 Å². The number of carbonyl (C=O) groups is 1. The van der Waals surface area contributed by atoms with Crippen LogP contribution in [0.15, 0.2) is 42.7 Å². The molecule has 0 aliphatic heterocycles. The van der Waals surface area contributed by atoms with Crippen molar-refractivity contribution < 1.29 is 18.0 Å². The molecule has 1 heterocycles. The summed E-state index contributed by atoms with van der Waals surface area (Å²) in [4.78, 5) is 15.9. The topological polar surface area (TPSA) is 59.0 Å². The molecular formula is C15H15F3N4O. The molecule has 2 atom stereocenters. The zero-order valence-electron chi connectivity index (χ0n) is 12.0. The zero-order chi connectivity index (χ0) is 16.4. The van der Waals surface area contributed by atoms with Crippen molar-refractivity contribution in [1.82, 2.24) is 14.9 Å². The van der Waals surface area contributed by atoms with Gasteiger partial charge in [-0.3, -0.25) is 9.88 Å². The Kier molecular flexibility index (Phi) is 3.97. The van der Waals surface area contributed by atoms with E-state index in [0.717, 1.165) is 5.69 Å². The van der Waals surface area contributed by atoms with E-state index in [1.807, 2.05) is 30.3 Å². The van der Waals surface area contributed by atoms with Gasteiger partial charge in [0.1, 0.15) is 0 Å². The highest BCUT2D eigenvalue weighted by molar-refractivity contribution is 5.87. The lowest BCUT2D eigenvalue weighted by molar-refractivity contribution is -0.150. The van der Waals surface area contributed by atoms with Crippen molar-refractivity contribution in [2.45, 2.75) is 12.6 Å². The number of hydrogen-bond donors (Lipinski definition) is 2. The summed E-state index contributed by atoms with van der Waals surface area (Å²) in [5, 5.41) is 5.01. The first-order chi connectivity index (χ1) is 10.9. The molecule has 122 valence electrons. The second-order valence-corrected chi connectivity index (χ2v) is 5.44. The quantitative estimate of drug-likeness (QED) is 0.907. The summed E-state index contributed by atoms with van der Waals surface area (Å²) in [6, 6.07) is 8.70. The van der Waals surface area contributed by atoms with Crippen LogP contribution in [0.25, 0.3) is 5.69 Å². The van der Waals surface area contributed by atoms with Gasteiger partial charge in [0, 0.05) is 24.6 Å². The van der Waals surface area contributed by atoms with E-state index >= 15 is 0 Å². The lowest BCUT2D eigenvalue weighted by atomic mass is 10.3. The average Bonchev–Trinajstić information content (AvgIpc) is 3.18. The molecule has 0 bridgehead atoms. The van der Waals surface area contributed by atoms with E-state index < -0.39 is 24.0 Å². The maximum Gasteiger partial charge on any atom is 0.392 e. The molecule has 0 radical (unpaired) electrons. The molecule has 2 N–H and O–H groups in total. The fraction of sp³-hybridized carbons (Fsp3) is 0.333. The van der Waals surface area contributed by atoms with Crippen LogP contribution in [0.2, 0.25) is 0 Å².